The summed E-state index contributed by atoms with van der Waals surface area (Å²) in [6, 6.07) is 10.8. The highest BCUT2D eigenvalue weighted by Crippen LogP contribution is 2.41. The third-order valence-electron chi connectivity index (χ3n) is 4.51. The zero-order valence-corrected chi connectivity index (χ0v) is 17.2. The van der Waals surface area contributed by atoms with Crippen LogP contribution in [0.4, 0.5) is 16.2 Å². The first-order valence-electron chi connectivity index (χ1n) is 8.91. The molecule has 6 nitrogen and oxygen atoms in total. The number of nitrogens with one attached hydrogen (secondary N) is 1. The topological polar surface area (TPSA) is 67.6 Å². The molecule has 2 amide bonds. The van der Waals surface area contributed by atoms with Gasteiger partial charge in [0, 0.05) is 29.7 Å². The van der Waals surface area contributed by atoms with E-state index in [1.54, 1.807) is 19.2 Å². The largest absolute Gasteiger partial charge is 0.493 e. The molecule has 148 valence electrons. The molecule has 2 heterocycles. The molecule has 0 atom stereocenters. The molecule has 0 saturated carbocycles. The van der Waals surface area contributed by atoms with Crippen molar-refractivity contribution in [1.82, 2.24) is 10.3 Å². The van der Waals surface area contributed by atoms with Crippen molar-refractivity contribution < 1.29 is 13.9 Å². The summed E-state index contributed by atoms with van der Waals surface area (Å²) in [7, 11) is 1.59. The number of benzene rings is 2. The molecule has 29 heavy (non-hydrogen) atoms. The Labute approximate surface area is 177 Å². The lowest BCUT2D eigenvalue weighted by Gasteiger charge is -2.25. The van der Waals surface area contributed by atoms with E-state index in [-0.39, 0.29) is 16.1 Å². The molecule has 0 radical (unpaired) electrons. The van der Waals surface area contributed by atoms with Crippen molar-refractivity contribution in [2.75, 3.05) is 18.6 Å². The average Bonchev–Trinajstić information content (AvgIpc) is 3.09. The zero-order valence-electron chi connectivity index (χ0n) is 15.7. The van der Waals surface area contributed by atoms with Crippen LogP contribution in [-0.2, 0) is 0 Å². The monoisotopic (exact) mass is 429 g/mol. The average molecular weight is 430 g/mol. The molecule has 2 aromatic heterocycles. The summed E-state index contributed by atoms with van der Waals surface area (Å²) >= 11 is 12.7. The molecule has 4 rings (SSSR count). The molecule has 4 aromatic rings. The minimum Gasteiger partial charge on any atom is -0.493 e. The van der Waals surface area contributed by atoms with E-state index < -0.39 is 0 Å². The van der Waals surface area contributed by atoms with Crippen LogP contribution in [0.1, 0.15) is 6.92 Å². The Morgan fingerprint density at radius 2 is 1.93 bits per heavy atom. The molecule has 0 unspecified atom stereocenters. The minimum absolute atomic E-state index is 0.266. The number of rotatable bonds is 4. The highest BCUT2D eigenvalue weighted by Gasteiger charge is 2.24. The maximum atomic E-state index is 12.9. The lowest BCUT2D eigenvalue weighted by atomic mass is 10.1. The first kappa shape index (κ1) is 19.4. The van der Waals surface area contributed by atoms with Gasteiger partial charge in [0.15, 0.2) is 11.3 Å². The Balaban J connectivity index is 1.95. The standard InChI is InChI=1S/C21H17Cl2N3O3/c1-3-25-21(27)26(19-15(22)10-24-11-16(19)23)12-7-8-17-14(9-12)13-5-4-6-18(28-2)20(13)29-17/h4-11H,3H2,1-2H3,(H,25,27). The molecule has 8 heteroatoms. The second-order valence-corrected chi connectivity index (χ2v) is 7.06. The number of pyridine rings is 1. The van der Waals surface area contributed by atoms with Crippen molar-refractivity contribution in [3.05, 3.63) is 58.8 Å². The molecule has 0 aliphatic carbocycles. The van der Waals surface area contributed by atoms with E-state index in [9.17, 15) is 4.79 Å². The van der Waals surface area contributed by atoms with Crippen molar-refractivity contribution in [3.8, 4) is 5.75 Å². The number of hydrogen-bond donors (Lipinski definition) is 1. The molecule has 0 aliphatic heterocycles. The van der Waals surface area contributed by atoms with E-state index in [1.165, 1.54) is 17.3 Å². The number of methoxy groups -OCH3 is 1. The second kappa shape index (κ2) is 7.81. The van der Waals surface area contributed by atoms with Crippen molar-refractivity contribution >= 4 is 62.5 Å². The fraction of sp³-hybridized carbons (Fsp3) is 0.143. The number of urea groups is 1. The van der Waals surface area contributed by atoms with Crippen molar-refractivity contribution in [2.24, 2.45) is 0 Å². The molecular weight excluding hydrogens is 413 g/mol. The van der Waals surface area contributed by atoms with Gasteiger partial charge in [-0.25, -0.2) is 4.79 Å². The van der Waals surface area contributed by atoms with Crippen molar-refractivity contribution in [1.29, 1.82) is 0 Å². The van der Waals surface area contributed by atoms with Gasteiger partial charge in [0.2, 0.25) is 0 Å². The number of carbonyl (C=O) groups is 1. The number of nitrogens with zero attached hydrogens (tertiary/aromatic N) is 2. The Hall–Kier alpha value is -2.96. The van der Waals surface area contributed by atoms with Gasteiger partial charge in [-0.15, -0.1) is 0 Å². The van der Waals surface area contributed by atoms with Crippen molar-refractivity contribution in [3.63, 3.8) is 0 Å². The summed E-state index contributed by atoms with van der Waals surface area (Å²) in [5.74, 6) is 0.640. The summed E-state index contributed by atoms with van der Waals surface area (Å²) in [4.78, 5) is 18.3. The van der Waals surface area contributed by atoms with Crippen LogP contribution in [0.5, 0.6) is 5.75 Å². The van der Waals surface area contributed by atoms with Gasteiger partial charge < -0.3 is 14.5 Å². The van der Waals surface area contributed by atoms with E-state index in [0.717, 1.165) is 10.8 Å². The van der Waals surface area contributed by atoms with Gasteiger partial charge in [-0.3, -0.25) is 9.88 Å². The fourth-order valence-corrected chi connectivity index (χ4v) is 3.79. The molecule has 0 fully saturated rings. The van der Waals surface area contributed by atoms with E-state index >= 15 is 0 Å². The van der Waals surface area contributed by atoms with Crippen LogP contribution in [0.3, 0.4) is 0 Å². The van der Waals surface area contributed by atoms with Gasteiger partial charge in [-0.2, -0.15) is 0 Å². The predicted molar refractivity (Wildman–Crippen MR) is 116 cm³/mol. The van der Waals surface area contributed by atoms with Crippen molar-refractivity contribution in [2.45, 2.75) is 6.92 Å². The molecule has 0 bridgehead atoms. The summed E-state index contributed by atoms with van der Waals surface area (Å²) in [6.07, 6.45) is 2.90. The Morgan fingerprint density at radius 1 is 1.17 bits per heavy atom. The maximum absolute atomic E-state index is 12.9. The third kappa shape index (κ3) is 3.34. The third-order valence-corrected chi connectivity index (χ3v) is 5.06. The number of ether oxygens (including phenoxy) is 1. The Kier molecular flexibility index (Phi) is 5.22. The van der Waals surface area contributed by atoms with Crippen LogP contribution < -0.4 is 15.0 Å². The van der Waals surface area contributed by atoms with Gasteiger partial charge >= 0.3 is 6.03 Å². The normalized spacial score (nSPS) is 11.0. The highest BCUT2D eigenvalue weighted by molar-refractivity contribution is 6.40. The lowest BCUT2D eigenvalue weighted by molar-refractivity contribution is 0.249. The van der Waals surface area contributed by atoms with Crippen LogP contribution in [0.2, 0.25) is 10.0 Å². The lowest BCUT2D eigenvalue weighted by Crippen LogP contribution is -2.37. The summed E-state index contributed by atoms with van der Waals surface area (Å²) in [6.45, 7) is 2.29. The molecule has 0 spiro atoms. The number of carbonyl (C=O) groups excluding carboxylic acids is 1. The second-order valence-electron chi connectivity index (χ2n) is 6.24. The molecule has 0 saturated heterocycles. The van der Waals surface area contributed by atoms with Gasteiger partial charge in [0.1, 0.15) is 5.58 Å². The first-order valence-corrected chi connectivity index (χ1v) is 9.67. The van der Waals surface area contributed by atoms with Gasteiger partial charge in [0.05, 0.1) is 28.5 Å². The van der Waals surface area contributed by atoms with E-state index in [0.29, 0.717) is 34.8 Å². The number of anilines is 2. The molecular formula is C21H17Cl2N3O3. The Morgan fingerprint density at radius 3 is 2.62 bits per heavy atom. The van der Waals surface area contributed by atoms with Crippen LogP contribution in [0, 0.1) is 0 Å². The predicted octanol–water partition coefficient (Wildman–Crippen LogP) is 6.16. The number of halogens is 2. The zero-order chi connectivity index (χ0) is 20.5. The van der Waals surface area contributed by atoms with E-state index in [1.807, 2.05) is 31.2 Å². The van der Waals surface area contributed by atoms with E-state index in [2.05, 4.69) is 10.3 Å². The van der Waals surface area contributed by atoms with Crippen LogP contribution in [-0.4, -0.2) is 24.7 Å². The molecule has 2 aromatic carbocycles. The van der Waals surface area contributed by atoms with Crippen LogP contribution >= 0.6 is 23.2 Å². The minimum atomic E-state index is -0.354. The number of hydrogen-bond acceptors (Lipinski definition) is 4. The Bertz CT molecular complexity index is 1200. The van der Waals surface area contributed by atoms with Gasteiger partial charge in [-0.05, 0) is 31.2 Å². The number of para-hydroxylation sites is 1. The van der Waals surface area contributed by atoms with Crippen LogP contribution in [0.25, 0.3) is 21.9 Å². The molecule has 0 aliphatic rings. The number of aromatic nitrogens is 1. The molecule has 1 N–H and O–H groups in total. The number of amides is 2. The van der Waals surface area contributed by atoms with Crippen LogP contribution in [0.15, 0.2) is 53.2 Å². The maximum Gasteiger partial charge on any atom is 0.326 e. The highest BCUT2D eigenvalue weighted by atomic mass is 35.5. The number of furan rings is 1. The fourth-order valence-electron chi connectivity index (χ4n) is 3.26. The van der Waals surface area contributed by atoms with Gasteiger partial charge in [-0.1, -0.05) is 35.3 Å². The first-order chi connectivity index (χ1) is 14.0. The summed E-state index contributed by atoms with van der Waals surface area (Å²) in [5.41, 5.74) is 2.27. The van der Waals surface area contributed by atoms with Gasteiger partial charge in [0.25, 0.3) is 0 Å². The van der Waals surface area contributed by atoms with E-state index in [4.69, 9.17) is 32.4 Å². The quantitative estimate of drug-likeness (QED) is 0.421. The number of fused-ring (bicyclic) bond motifs is 3. The summed E-state index contributed by atoms with van der Waals surface area (Å²) in [5, 5.41) is 5.05. The summed E-state index contributed by atoms with van der Waals surface area (Å²) < 4.78 is 11.4. The SMILES string of the molecule is CCNC(=O)N(c1ccc2oc3c(OC)cccc3c2c1)c1c(Cl)cncc1Cl. The smallest absolute Gasteiger partial charge is 0.326 e.